The van der Waals surface area contributed by atoms with Crippen LogP contribution in [-0.2, 0) is 0 Å². The highest BCUT2D eigenvalue weighted by molar-refractivity contribution is 5.38. The predicted molar refractivity (Wildman–Crippen MR) is 45.3 cm³/mol. The van der Waals surface area contributed by atoms with E-state index in [2.05, 4.69) is 21.8 Å². The Morgan fingerprint density at radius 2 is 2.00 bits per heavy atom. The van der Waals surface area contributed by atoms with E-state index in [9.17, 15) is 0 Å². The zero-order valence-corrected chi connectivity index (χ0v) is 7.02. The third-order valence-electron chi connectivity index (χ3n) is 1.20. The second-order valence-electron chi connectivity index (χ2n) is 2.31. The minimum Gasteiger partial charge on any atom is -0.381 e. The molecule has 0 saturated carbocycles. The van der Waals surface area contributed by atoms with Gasteiger partial charge in [-0.2, -0.15) is 5.26 Å². The van der Waals surface area contributed by atoms with E-state index in [4.69, 9.17) is 10.4 Å². The Labute approximate surface area is 75.9 Å². The lowest BCUT2D eigenvalue weighted by Gasteiger charge is -1.91. The molecule has 0 aliphatic rings. The number of rotatable bonds is 0. The van der Waals surface area contributed by atoms with Gasteiger partial charge in [0.1, 0.15) is 17.9 Å². The normalized spacial score (nSPS) is 10.8. The molecule has 0 fully saturated rings. The fraction of sp³-hybridized carbons (Fsp3) is 0.222. The Bertz CT molecular complexity index is 395. The van der Waals surface area contributed by atoms with Crippen LogP contribution in [0.15, 0.2) is 12.4 Å². The van der Waals surface area contributed by atoms with E-state index in [1.165, 1.54) is 19.3 Å². The number of aromatic nitrogens is 2. The highest BCUT2D eigenvalue weighted by Crippen LogP contribution is 1.96. The van der Waals surface area contributed by atoms with Crippen molar-refractivity contribution in [2.75, 3.05) is 0 Å². The average Bonchev–Trinajstić information content (AvgIpc) is 2.15. The Kier molecular flexibility index (Phi) is 2.97. The zero-order chi connectivity index (χ0) is 9.68. The molecule has 1 aromatic heterocycles. The van der Waals surface area contributed by atoms with Crippen molar-refractivity contribution in [2.24, 2.45) is 0 Å². The minimum atomic E-state index is -0.728. The first-order chi connectivity index (χ1) is 6.24. The molecule has 1 rings (SSSR count). The van der Waals surface area contributed by atoms with Gasteiger partial charge in [0.15, 0.2) is 5.69 Å². The molecule has 0 aromatic carbocycles. The largest absolute Gasteiger partial charge is 0.381 e. The smallest absolute Gasteiger partial charge is 0.174 e. The SMILES string of the molecule is CC(O)C#Cc1nccnc1C#N. The summed E-state index contributed by atoms with van der Waals surface area (Å²) in [6.07, 6.45) is 2.15. The molecular weight excluding hydrogens is 166 g/mol. The van der Waals surface area contributed by atoms with E-state index in [1.54, 1.807) is 0 Å². The third-order valence-corrected chi connectivity index (χ3v) is 1.20. The molecule has 0 aliphatic heterocycles. The summed E-state index contributed by atoms with van der Waals surface area (Å²) in [4.78, 5) is 7.62. The summed E-state index contributed by atoms with van der Waals surface area (Å²) in [5, 5.41) is 17.5. The first kappa shape index (κ1) is 9.18. The molecule has 0 spiro atoms. The first-order valence-corrected chi connectivity index (χ1v) is 3.64. The molecule has 1 aromatic rings. The molecule has 13 heavy (non-hydrogen) atoms. The Hall–Kier alpha value is -1.91. The van der Waals surface area contributed by atoms with Crippen LogP contribution in [-0.4, -0.2) is 21.2 Å². The maximum Gasteiger partial charge on any atom is 0.174 e. The number of nitrogens with zero attached hydrogens (tertiary/aromatic N) is 3. The van der Waals surface area contributed by atoms with Crippen molar-refractivity contribution < 1.29 is 5.11 Å². The number of hydrogen-bond donors (Lipinski definition) is 1. The van der Waals surface area contributed by atoms with Gasteiger partial charge in [-0.1, -0.05) is 5.92 Å². The molecule has 0 amide bonds. The van der Waals surface area contributed by atoms with Crippen LogP contribution in [0.2, 0.25) is 0 Å². The van der Waals surface area contributed by atoms with Gasteiger partial charge < -0.3 is 5.11 Å². The van der Waals surface area contributed by atoms with Crippen LogP contribution < -0.4 is 0 Å². The van der Waals surface area contributed by atoms with E-state index >= 15 is 0 Å². The molecule has 1 atom stereocenters. The van der Waals surface area contributed by atoms with Crippen molar-refractivity contribution in [3.05, 3.63) is 23.8 Å². The van der Waals surface area contributed by atoms with E-state index in [0.717, 1.165) is 0 Å². The van der Waals surface area contributed by atoms with Crippen molar-refractivity contribution in [2.45, 2.75) is 13.0 Å². The first-order valence-electron chi connectivity index (χ1n) is 3.64. The van der Waals surface area contributed by atoms with Crippen LogP contribution in [0.3, 0.4) is 0 Å². The molecule has 64 valence electrons. The Morgan fingerprint density at radius 1 is 1.38 bits per heavy atom. The van der Waals surface area contributed by atoms with Crippen molar-refractivity contribution in [3.63, 3.8) is 0 Å². The second-order valence-corrected chi connectivity index (χ2v) is 2.31. The highest BCUT2D eigenvalue weighted by atomic mass is 16.3. The summed E-state index contributed by atoms with van der Waals surface area (Å²) in [6.45, 7) is 1.54. The van der Waals surface area contributed by atoms with E-state index in [-0.39, 0.29) is 5.69 Å². The summed E-state index contributed by atoms with van der Waals surface area (Å²) in [5.74, 6) is 5.06. The van der Waals surface area contributed by atoms with Gasteiger partial charge in [-0.15, -0.1) is 0 Å². The molecule has 0 saturated heterocycles. The van der Waals surface area contributed by atoms with Crippen LogP contribution >= 0.6 is 0 Å². The Balaban J connectivity index is 3.04. The molecule has 4 nitrogen and oxygen atoms in total. The quantitative estimate of drug-likeness (QED) is 0.564. The van der Waals surface area contributed by atoms with Gasteiger partial charge >= 0.3 is 0 Å². The maximum atomic E-state index is 8.87. The molecule has 4 heteroatoms. The average molecular weight is 173 g/mol. The third kappa shape index (κ3) is 2.55. The number of aliphatic hydroxyl groups is 1. The van der Waals surface area contributed by atoms with Crippen LogP contribution in [0.25, 0.3) is 0 Å². The van der Waals surface area contributed by atoms with Crippen molar-refractivity contribution >= 4 is 0 Å². The standard InChI is InChI=1S/C9H7N3O/c1-7(13)2-3-8-9(6-10)12-5-4-11-8/h4-5,7,13H,1H3. The predicted octanol–water partition coefficient (Wildman–Crippen LogP) is 0.0806. The molecule has 0 aliphatic carbocycles. The minimum absolute atomic E-state index is 0.177. The fourth-order valence-corrected chi connectivity index (χ4v) is 0.684. The molecular formula is C9H7N3O. The number of hydrogen-bond acceptors (Lipinski definition) is 4. The fourth-order valence-electron chi connectivity index (χ4n) is 0.684. The van der Waals surface area contributed by atoms with Gasteiger partial charge in [-0.3, -0.25) is 0 Å². The van der Waals surface area contributed by atoms with Gasteiger partial charge in [0.2, 0.25) is 0 Å². The molecule has 1 unspecified atom stereocenters. The zero-order valence-electron chi connectivity index (χ0n) is 7.02. The topological polar surface area (TPSA) is 69.8 Å². The van der Waals surface area contributed by atoms with Crippen molar-refractivity contribution in [3.8, 4) is 17.9 Å². The second kappa shape index (κ2) is 4.20. The van der Waals surface area contributed by atoms with Gasteiger partial charge in [0, 0.05) is 12.4 Å². The summed E-state index contributed by atoms with van der Waals surface area (Å²) >= 11 is 0. The molecule has 1 N–H and O–H groups in total. The van der Waals surface area contributed by atoms with E-state index < -0.39 is 6.10 Å². The summed E-state index contributed by atoms with van der Waals surface area (Å²) < 4.78 is 0. The summed E-state index contributed by atoms with van der Waals surface area (Å²) in [5.41, 5.74) is 0.474. The maximum absolute atomic E-state index is 8.87. The van der Waals surface area contributed by atoms with Gasteiger partial charge in [-0.05, 0) is 12.8 Å². The van der Waals surface area contributed by atoms with Crippen LogP contribution in [0.4, 0.5) is 0 Å². The summed E-state index contributed by atoms with van der Waals surface area (Å²) in [6, 6.07) is 1.86. The van der Waals surface area contributed by atoms with Gasteiger partial charge in [0.25, 0.3) is 0 Å². The van der Waals surface area contributed by atoms with Gasteiger partial charge in [-0.25, -0.2) is 9.97 Å². The number of nitriles is 1. The monoisotopic (exact) mass is 173 g/mol. The Morgan fingerprint density at radius 3 is 2.54 bits per heavy atom. The van der Waals surface area contributed by atoms with E-state index in [0.29, 0.717) is 5.69 Å². The van der Waals surface area contributed by atoms with Crippen LogP contribution in [0, 0.1) is 23.2 Å². The van der Waals surface area contributed by atoms with E-state index in [1.807, 2.05) is 6.07 Å². The van der Waals surface area contributed by atoms with Crippen molar-refractivity contribution in [1.82, 2.24) is 9.97 Å². The van der Waals surface area contributed by atoms with Crippen LogP contribution in [0.5, 0.6) is 0 Å². The van der Waals surface area contributed by atoms with Crippen molar-refractivity contribution in [1.29, 1.82) is 5.26 Å². The number of aliphatic hydroxyl groups excluding tert-OH is 1. The highest BCUT2D eigenvalue weighted by Gasteiger charge is 1.99. The van der Waals surface area contributed by atoms with Gasteiger partial charge in [0.05, 0.1) is 0 Å². The molecule has 1 heterocycles. The summed E-state index contributed by atoms with van der Waals surface area (Å²) in [7, 11) is 0. The lowest BCUT2D eigenvalue weighted by atomic mass is 10.3. The molecule has 0 radical (unpaired) electrons. The van der Waals surface area contributed by atoms with Crippen LogP contribution in [0.1, 0.15) is 18.3 Å². The molecule has 0 bridgehead atoms. The lowest BCUT2D eigenvalue weighted by Crippen LogP contribution is -1.96. The lowest BCUT2D eigenvalue weighted by molar-refractivity contribution is 0.253.